The first-order valence-corrected chi connectivity index (χ1v) is 7.81. The molecule has 1 aromatic carbocycles. The number of rotatable bonds is 3. The number of ether oxygens (including phenoxy) is 2. The fourth-order valence-electron chi connectivity index (χ4n) is 2.68. The lowest BCUT2D eigenvalue weighted by molar-refractivity contribution is -0.121. The molecule has 0 aliphatic carbocycles. The van der Waals surface area contributed by atoms with Crippen molar-refractivity contribution in [3.8, 4) is 5.75 Å². The Balaban J connectivity index is 2.20. The normalized spacial score (nSPS) is 19.8. The Morgan fingerprint density at radius 2 is 1.96 bits per heavy atom. The maximum absolute atomic E-state index is 12.4. The summed E-state index contributed by atoms with van der Waals surface area (Å²) in [5.74, 6) is 0.712. The molecule has 23 heavy (non-hydrogen) atoms. The van der Waals surface area contributed by atoms with Gasteiger partial charge in [-0.25, -0.2) is 4.79 Å². The Morgan fingerprint density at radius 3 is 2.57 bits per heavy atom. The first kappa shape index (κ1) is 17.3. The molecule has 0 spiro atoms. The number of para-hydroxylation sites is 1. The second kappa shape index (κ2) is 6.22. The number of fused-ring (bicyclic) bond motifs is 1. The topological polar surface area (TPSA) is 55.8 Å². The first-order chi connectivity index (χ1) is 10.7. The Bertz CT molecular complexity index is 593. The molecule has 126 valence electrons. The number of aldehydes is 1. The molecule has 0 bridgehead atoms. The third kappa shape index (κ3) is 3.66. The molecule has 2 atom stereocenters. The third-order valence-electron chi connectivity index (χ3n) is 4.33. The summed E-state index contributed by atoms with van der Waals surface area (Å²) in [6.07, 6.45) is 0.989. The van der Waals surface area contributed by atoms with E-state index in [2.05, 4.69) is 0 Å². The second-order valence-electron chi connectivity index (χ2n) is 7.20. The maximum Gasteiger partial charge on any atom is 0.410 e. The minimum absolute atomic E-state index is 0.132. The number of hydrogen-bond acceptors (Lipinski definition) is 4. The summed E-state index contributed by atoms with van der Waals surface area (Å²) < 4.78 is 11.2. The lowest BCUT2D eigenvalue weighted by Gasteiger charge is -2.42. The molecule has 0 saturated heterocycles. The van der Waals surface area contributed by atoms with Crippen molar-refractivity contribution < 1.29 is 19.1 Å². The van der Waals surface area contributed by atoms with Crippen LogP contribution < -0.4 is 4.74 Å². The van der Waals surface area contributed by atoms with Crippen LogP contribution in [0.1, 0.15) is 33.3 Å². The van der Waals surface area contributed by atoms with Crippen LogP contribution >= 0.6 is 0 Å². The molecular formula is C18H25NO4. The molecule has 5 nitrogen and oxygen atoms in total. The van der Waals surface area contributed by atoms with Crippen molar-refractivity contribution in [2.75, 3.05) is 13.7 Å². The minimum atomic E-state index is -0.990. The van der Waals surface area contributed by atoms with E-state index in [-0.39, 0.29) is 5.92 Å². The summed E-state index contributed by atoms with van der Waals surface area (Å²) >= 11 is 0. The van der Waals surface area contributed by atoms with Gasteiger partial charge < -0.3 is 14.3 Å². The van der Waals surface area contributed by atoms with Crippen LogP contribution in [0.3, 0.4) is 0 Å². The zero-order valence-electron chi connectivity index (χ0n) is 14.5. The highest BCUT2D eigenvalue weighted by atomic mass is 16.6. The molecule has 2 unspecified atom stereocenters. The number of carbonyl (C=O) groups is 2. The first-order valence-electron chi connectivity index (χ1n) is 7.81. The summed E-state index contributed by atoms with van der Waals surface area (Å²) in [5.41, 5.74) is -0.546. The molecule has 0 fully saturated rings. The quantitative estimate of drug-likeness (QED) is 0.804. The third-order valence-corrected chi connectivity index (χ3v) is 4.33. The van der Waals surface area contributed by atoms with E-state index in [1.165, 1.54) is 4.90 Å². The summed E-state index contributed by atoms with van der Waals surface area (Å²) in [6.45, 7) is 7.55. The van der Waals surface area contributed by atoms with E-state index in [1.807, 2.05) is 24.3 Å². The standard InChI is InChI=1S/C18H25NO4/c1-17(2,3)23-16(21)19(5)18(4,12-20)14-10-13-8-6-7-9-15(13)22-11-14/h6-9,12,14H,10-11H2,1-5H3. The van der Waals surface area contributed by atoms with Gasteiger partial charge in [0.1, 0.15) is 23.2 Å². The average molecular weight is 319 g/mol. The maximum atomic E-state index is 12.4. The van der Waals surface area contributed by atoms with Gasteiger partial charge in [0.15, 0.2) is 0 Å². The van der Waals surface area contributed by atoms with Gasteiger partial charge in [0.2, 0.25) is 0 Å². The highest BCUT2D eigenvalue weighted by Gasteiger charge is 2.43. The van der Waals surface area contributed by atoms with Crippen molar-refractivity contribution in [3.05, 3.63) is 29.8 Å². The van der Waals surface area contributed by atoms with E-state index in [1.54, 1.807) is 34.7 Å². The number of carbonyl (C=O) groups excluding carboxylic acids is 2. The molecule has 1 heterocycles. The molecule has 1 aromatic rings. The zero-order valence-corrected chi connectivity index (χ0v) is 14.5. The van der Waals surface area contributed by atoms with Crippen molar-refractivity contribution >= 4 is 12.4 Å². The van der Waals surface area contributed by atoms with E-state index in [0.717, 1.165) is 17.6 Å². The molecule has 2 rings (SSSR count). The van der Waals surface area contributed by atoms with Crippen LogP contribution in [0.5, 0.6) is 5.75 Å². The molecule has 1 aliphatic heterocycles. The highest BCUT2D eigenvalue weighted by molar-refractivity contribution is 5.76. The molecular weight excluding hydrogens is 294 g/mol. The summed E-state index contributed by atoms with van der Waals surface area (Å²) in [5, 5.41) is 0. The second-order valence-corrected chi connectivity index (χ2v) is 7.20. The van der Waals surface area contributed by atoms with Crippen LogP contribution in [0.25, 0.3) is 0 Å². The Morgan fingerprint density at radius 1 is 1.30 bits per heavy atom. The zero-order chi connectivity index (χ0) is 17.3. The van der Waals surface area contributed by atoms with Crippen LogP contribution in [-0.2, 0) is 16.0 Å². The Kier molecular flexibility index (Phi) is 4.68. The fourth-order valence-corrected chi connectivity index (χ4v) is 2.68. The van der Waals surface area contributed by atoms with Gasteiger partial charge in [0.25, 0.3) is 0 Å². The predicted octanol–water partition coefficient (Wildman–Crippen LogP) is 3.06. The van der Waals surface area contributed by atoms with E-state index >= 15 is 0 Å². The van der Waals surface area contributed by atoms with Crippen molar-refractivity contribution in [1.29, 1.82) is 0 Å². The Labute approximate surface area is 137 Å². The SMILES string of the molecule is CN(C(=O)OC(C)(C)C)C(C)(C=O)C1COc2ccccc2C1. The van der Waals surface area contributed by atoms with Crippen LogP contribution in [0.2, 0.25) is 0 Å². The summed E-state index contributed by atoms with van der Waals surface area (Å²) in [7, 11) is 1.60. The van der Waals surface area contributed by atoms with E-state index < -0.39 is 17.2 Å². The number of hydrogen-bond donors (Lipinski definition) is 0. The molecule has 1 amide bonds. The molecule has 0 N–H and O–H groups in total. The van der Waals surface area contributed by atoms with Crippen LogP contribution in [0, 0.1) is 5.92 Å². The summed E-state index contributed by atoms with van der Waals surface area (Å²) in [6, 6.07) is 7.77. The largest absolute Gasteiger partial charge is 0.493 e. The molecule has 5 heteroatoms. The van der Waals surface area contributed by atoms with Crippen molar-refractivity contribution in [2.45, 2.75) is 45.3 Å². The Hall–Kier alpha value is -2.04. The van der Waals surface area contributed by atoms with E-state index in [0.29, 0.717) is 13.0 Å². The van der Waals surface area contributed by atoms with E-state index in [4.69, 9.17) is 9.47 Å². The highest BCUT2D eigenvalue weighted by Crippen LogP contribution is 2.34. The fraction of sp³-hybridized carbons (Fsp3) is 0.556. The lowest BCUT2D eigenvalue weighted by Crippen LogP contribution is -2.57. The summed E-state index contributed by atoms with van der Waals surface area (Å²) in [4.78, 5) is 25.6. The van der Waals surface area contributed by atoms with Crippen molar-refractivity contribution in [3.63, 3.8) is 0 Å². The predicted molar refractivity (Wildman–Crippen MR) is 87.6 cm³/mol. The number of nitrogens with zero attached hydrogens (tertiary/aromatic N) is 1. The molecule has 0 radical (unpaired) electrons. The monoisotopic (exact) mass is 319 g/mol. The van der Waals surface area contributed by atoms with Gasteiger partial charge in [0.05, 0.1) is 6.61 Å². The van der Waals surface area contributed by atoms with Gasteiger partial charge in [-0.3, -0.25) is 4.90 Å². The van der Waals surface area contributed by atoms with Gasteiger partial charge in [-0.2, -0.15) is 0 Å². The van der Waals surface area contributed by atoms with Crippen molar-refractivity contribution in [1.82, 2.24) is 4.90 Å². The molecule has 0 saturated carbocycles. The smallest absolute Gasteiger partial charge is 0.410 e. The van der Waals surface area contributed by atoms with Gasteiger partial charge >= 0.3 is 6.09 Å². The van der Waals surface area contributed by atoms with Gasteiger partial charge in [-0.1, -0.05) is 18.2 Å². The van der Waals surface area contributed by atoms with Gasteiger partial charge in [-0.15, -0.1) is 0 Å². The molecule has 0 aromatic heterocycles. The van der Waals surface area contributed by atoms with E-state index in [9.17, 15) is 9.59 Å². The van der Waals surface area contributed by atoms with Crippen LogP contribution in [0.4, 0.5) is 4.79 Å². The van der Waals surface area contributed by atoms with Gasteiger partial charge in [-0.05, 0) is 45.7 Å². The lowest BCUT2D eigenvalue weighted by atomic mass is 9.80. The van der Waals surface area contributed by atoms with Crippen LogP contribution in [-0.4, -0.2) is 42.1 Å². The number of benzene rings is 1. The van der Waals surface area contributed by atoms with Crippen LogP contribution in [0.15, 0.2) is 24.3 Å². The average Bonchev–Trinajstić information content (AvgIpc) is 2.51. The van der Waals surface area contributed by atoms with Crippen molar-refractivity contribution in [2.24, 2.45) is 5.92 Å². The van der Waals surface area contributed by atoms with Gasteiger partial charge in [0, 0.05) is 13.0 Å². The minimum Gasteiger partial charge on any atom is -0.493 e. The molecule has 1 aliphatic rings. The number of likely N-dealkylation sites (N-methyl/N-ethyl adjacent to an activating group) is 1. The number of amides is 1.